The van der Waals surface area contributed by atoms with Gasteiger partial charge in [0.25, 0.3) is 5.91 Å². The Morgan fingerprint density at radius 2 is 1.56 bits per heavy atom. The van der Waals surface area contributed by atoms with Crippen LogP contribution in [0.3, 0.4) is 0 Å². The van der Waals surface area contributed by atoms with Gasteiger partial charge in [-0.05, 0) is 61.0 Å². The van der Waals surface area contributed by atoms with Crippen LogP contribution in [0.25, 0.3) is 22.0 Å². The van der Waals surface area contributed by atoms with Crippen LogP contribution in [0.5, 0.6) is 23.0 Å². The number of esters is 1. The minimum Gasteiger partial charge on any atom is -0.496 e. The number of hydrogen-bond donors (Lipinski definition) is 2. The van der Waals surface area contributed by atoms with Gasteiger partial charge in [-0.15, -0.1) is 0 Å². The summed E-state index contributed by atoms with van der Waals surface area (Å²) in [4.78, 5) is 29.3. The summed E-state index contributed by atoms with van der Waals surface area (Å²) in [6, 6.07) is 22.8. The van der Waals surface area contributed by atoms with Crippen molar-refractivity contribution in [2.45, 2.75) is 6.92 Å². The lowest BCUT2D eigenvalue weighted by molar-refractivity contribution is 0.0729. The first-order valence-corrected chi connectivity index (χ1v) is 13.5. The van der Waals surface area contributed by atoms with E-state index >= 15 is 0 Å². The molecule has 4 aromatic carbocycles. The van der Waals surface area contributed by atoms with Crippen LogP contribution in [0.15, 0.2) is 84.0 Å². The number of carbonyl (C=O) groups excluding carboxylic acids is 2. The van der Waals surface area contributed by atoms with Gasteiger partial charge in [0.05, 0.1) is 44.0 Å². The molecule has 0 aliphatic rings. The highest BCUT2D eigenvalue weighted by Gasteiger charge is 2.25. The molecule has 0 saturated heterocycles. The molecule has 9 nitrogen and oxygen atoms in total. The number of hydrazone groups is 1. The molecule has 0 fully saturated rings. The number of amides is 1. The number of H-pyrrole nitrogens is 1. The third-order valence-electron chi connectivity index (χ3n) is 6.71. The lowest BCUT2D eigenvalue weighted by Crippen LogP contribution is -2.19. The van der Waals surface area contributed by atoms with E-state index in [4.69, 9.17) is 30.5 Å². The monoisotopic (exact) mass is 597 g/mol. The summed E-state index contributed by atoms with van der Waals surface area (Å²) < 4.78 is 22.1. The summed E-state index contributed by atoms with van der Waals surface area (Å²) in [5, 5.41) is 5.25. The number of hydrogen-bond acceptors (Lipinski definition) is 7. The van der Waals surface area contributed by atoms with Crippen molar-refractivity contribution in [1.82, 2.24) is 10.4 Å². The van der Waals surface area contributed by atoms with Crippen LogP contribution in [-0.2, 0) is 0 Å². The van der Waals surface area contributed by atoms with Crippen molar-refractivity contribution in [2.24, 2.45) is 5.10 Å². The van der Waals surface area contributed by atoms with Gasteiger partial charge in [-0.3, -0.25) is 4.79 Å². The third-order valence-corrected chi connectivity index (χ3v) is 7.04. The number of aromatic nitrogens is 1. The van der Waals surface area contributed by atoms with E-state index in [1.807, 2.05) is 31.2 Å². The van der Waals surface area contributed by atoms with Crippen molar-refractivity contribution >= 4 is 40.6 Å². The second kappa shape index (κ2) is 12.7. The van der Waals surface area contributed by atoms with Gasteiger partial charge in [0.15, 0.2) is 11.5 Å². The molecule has 5 aromatic rings. The maximum absolute atomic E-state index is 13.5. The molecular formula is C33H28ClN3O6. The molecule has 0 aliphatic carbocycles. The number of nitrogens with zero attached hydrogens (tertiary/aromatic N) is 1. The van der Waals surface area contributed by atoms with Gasteiger partial charge in [-0.2, -0.15) is 5.10 Å². The fourth-order valence-electron chi connectivity index (χ4n) is 4.69. The zero-order chi connectivity index (χ0) is 30.5. The average Bonchev–Trinajstić information content (AvgIpc) is 3.42. The van der Waals surface area contributed by atoms with Gasteiger partial charge in [0.2, 0.25) is 0 Å². The molecule has 218 valence electrons. The minimum atomic E-state index is -0.512. The Morgan fingerprint density at radius 1 is 0.837 bits per heavy atom. The van der Waals surface area contributed by atoms with Crippen LogP contribution >= 0.6 is 11.6 Å². The van der Waals surface area contributed by atoms with E-state index < -0.39 is 11.9 Å². The topological polar surface area (TPSA) is 111 Å². The summed E-state index contributed by atoms with van der Waals surface area (Å²) >= 11 is 6.57. The molecular weight excluding hydrogens is 570 g/mol. The number of rotatable bonds is 9. The molecule has 0 unspecified atom stereocenters. The van der Waals surface area contributed by atoms with E-state index in [2.05, 4.69) is 15.5 Å². The molecule has 1 aromatic heterocycles. The number of ether oxygens (including phenoxy) is 4. The van der Waals surface area contributed by atoms with Crippen LogP contribution in [-0.4, -0.2) is 44.4 Å². The smallest absolute Gasteiger partial charge is 0.343 e. The lowest BCUT2D eigenvalue weighted by Gasteiger charge is -2.10. The van der Waals surface area contributed by atoms with E-state index in [-0.39, 0.29) is 11.4 Å². The maximum atomic E-state index is 13.5. The van der Waals surface area contributed by atoms with Crippen molar-refractivity contribution in [2.75, 3.05) is 21.3 Å². The Balaban J connectivity index is 1.42. The summed E-state index contributed by atoms with van der Waals surface area (Å²) in [6.07, 6.45) is 1.45. The summed E-state index contributed by atoms with van der Waals surface area (Å²) in [5.41, 5.74) is 6.52. The summed E-state index contributed by atoms with van der Waals surface area (Å²) in [5.74, 6) is 0.633. The molecule has 0 saturated carbocycles. The Kier molecular flexibility index (Phi) is 8.64. The number of fused-ring (bicyclic) bond motifs is 1. The first-order chi connectivity index (χ1) is 20.8. The third kappa shape index (κ3) is 6.02. The first kappa shape index (κ1) is 29.2. The zero-order valence-electron chi connectivity index (χ0n) is 23.9. The highest BCUT2D eigenvalue weighted by atomic mass is 35.5. The van der Waals surface area contributed by atoms with Crippen molar-refractivity contribution in [3.05, 3.63) is 106 Å². The van der Waals surface area contributed by atoms with Crippen molar-refractivity contribution in [3.63, 3.8) is 0 Å². The van der Waals surface area contributed by atoms with E-state index in [0.29, 0.717) is 55.4 Å². The molecule has 0 aliphatic heterocycles. The van der Waals surface area contributed by atoms with Gasteiger partial charge < -0.3 is 23.9 Å². The molecule has 1 heterocycles. The molecule has 1 amide bonds. The Morgan fingerprint density at radius 3 is 2.28 bits per heavy atom. The Hall–Kier alpha value is -5.28. The highest BCUT2D eigenvalue weighted by molar-refractivity contribution is 6.34. The van der Waals surface area contributed by atoms with Crippen LogP contribution in [0.4, 0.5) is 0 Å². The molecule has 0 spiro atoms. The minimum absolute atomic E-state index is 0.221. The van der Waals surface area contributed by atoms with Gasteiger partial charge in [0.1, 0.15) is 17.2 Å². The van der Waals surface area contributed by atoms with Crippen LogP contribution in [0, 0.1) is 6.92 Å². The second-order valence-electron chi connectivity index (χ2n) is 9.44. The number of aromatic amines is 1. The molecule has 10 heteroatoms. The molecule has 0 atom stereocenters. The van der Waals surface area contributed by atoms with Gasteiger partial charge >= 0.3 is 5.97 Å². The van der Waals surface area contributed by atoms with Crippen molar-refractivity contribution < 1.29 is 28.5 Å². The number of halogens is 1. The van der Waals surface area contributed by atoms with Gasteiger partial charge in [-0.25, -0.2) is 10.2 Å². The van der Waals surface area contributed by atoms with E-state index in [9.17, 15) is 9.59 Å². The predicted molar refractivity (Wildman–Crippen MR) is 166 cm³/mol. The predicted octanol–water partition coefficient (Wildman–Crippen LogP) is 6.81. The summed E-state index contributed by atoms with van der Waals surface area (Å²) in [7, 11) is 4.57. The standard InChI is InChI=1S/C33H28ClN3O6/c1-19-8-7-9-21(16-19)33(39)43-24-13-12-20(17-27(24)42-4)18-35-37-32(38)31-28(22-10-5-6-11-23(22)34)29-25(40-2)14-15-26(41-3)30(29)36-31/h5-18,36H,1-4H3,(H,37,38). The quantitative estimate of drug-likeness (QED) is 0.0836. The molecule has 0 bridgehead atoms. The van der Waals surface area contributed by atoms with Crippen LogP contribution < -0.4 is 24.4 Å². The highest BCUT2D eigenvalue weighted by Crippen LogP contribution is 2.44. The largest absolute Gasteiger partial charge is 0.496 e. The SMILES string of the molecule is COc1cc(C=NNC(=O)c2[nH]c3c(OC)ccc(OC)c3c2-c2ccccc2Cl)ccc1OC(=O)c1cccc(C)c1. The number of aryl methyl sites for hydroxylation is 1. The van der Waals surface area contributed by atoms with E-state index in [1.165, 1.54) is 13.3 Å². The number of methoxy groups -OCH3 is 3. The molecule has 5 rings (SSSR count). The van der Waals surface area contributed by atoms with Crippen molar-refractivity contribution in [1.29, 1.82) is 0 Å². The van der Waals surface area contributed by atoms with E-state index in [0.717, 1.165) is 5.56 Å². The summed E-state index contributed by atoms with van der Waals surface area (Å²) in [6.45, 7) is 1.90. The number of carbonyl (C=O) groups is 2. The normalized spacial score (nSPS) is 11.0. The lowest BCUT2D eigenvalue weighted by atomic mass is 10.0. The Labute approximate surface area is 253 Å². The zero-order valence-corrected chi connectivity index (χ0v) is 24.6. The fraction of sp³-hybridized carbons (Fsp3) is 0.121. The van der Waals surface area contributed by atoms with Gasteiger partial charge in [-0.1, -0.05) is 47.5 Å². The molecule has 43 heavy (non-hydrogen) atoms. The molecule has 0 radical (unpaired) electrons. The van der Waals surface area contributed by atoms with Crippen LogP contribution in [0.2, 0.25) is 5.02 Å². The van der Waals surface area contributed by atoms with Crippen LogP contribution in [0.1, 0.15) is 32.0 Å². The molecule has 2 N–H and O–H groups in total. The van der Waals surface area contributed by atoms with Crippen molar-refractivity contribution in [3.8, 4) is 34.1 Å². The maximum Gasteiger partial charge on any atom is 0.343 e. The van der Waals surface area contributed by atoms with Gasteiger partial charge in [0, 0.05) is 16.1 Å². The number of benzene rings is 4. The number of nitrogens with one attached hydrogen (secondary N) is 2. The second-order valence-corrected chi connectivity index (χ2v) is 9.85. The van der Waals surface area contributed by atoms with E-state index in [1.54, 1.807) is 68.8 Å². The first-order valence-electron chi connectivity index (χ1n) is 13.2. The fourth-order valence-corrected chi connectivity index (χ4v) is 4.92. The Bertz CT molecular complexity index is 1860. The average molecular weight is 598 g/mol.